The second-order valence-corrected chi connectivity index (χ2v) is 13.1. The van der Waals surface area contributed by atoms with Crippen LogP contribution in [0.4, 0.5) is 5.69 Å². The SMILES string of the molecule is CCNC(=O)C(Cc1ccccc1)N(Cc1ccc(Cl)c(Cl)c1)C(=O)CN(c1cccc(C)c1C)S(=O)(=O)c1ccccc1. The first-order chi connectivity index (χ1) is 21.0. The smallest absolute Gasteiger partial charge is 0.264 e. The van der Waals surface area contributed by atoms with Crippen LogP contribution in [0.15, 0.2) is 102 Å². The van der Waals surface area contributed by atoms with Crippen molar-refractivity contribution in [3.05, 3.63) is 129 Å². The summed E-state index contributed by atoms with van der Waals surface area (Å²) in [6.07, 6.45) is 0.217. The third kappa shape index (κ3) is 7.80. The van der Waals surface area contributed by atoms with Gasteiger partial charge in [-0.25, -0.2) is 8.42 Å². The van der Waals surface area contributed by atoms with Crippen molar-refractivity contribution in [1.29, 1.82) is 0 Å². The zero-order chi connectivity index (χ0) is 31.9. The van der Waals surface area contributed by atoms with E-state index in [1.165, 1.54) is 17.0 Å². The van der Waals surface area contributed by atoms with Crippen molar-refractivity contribution < 1.29 is 18.0 Å². The number of benzene rings is 4. The molecule has 0 heterocycles. The Labute approximate surface area is 269 Å². The molecule has 0 aromatic heterocycles. The molecule has 0 spiro atoms. The molecule has 0 radical (unpaired) electrons. The molecule has 4 aromatic rings. The minimum absolute atomic E-state index is 0.00359. The maximum Gasteiger partial charge on any atom is 0.264 e. The van der Waals surface area contributed by atoms with Gasteiger partial charge in [0.15, 0.2) is 0 Å². The van der Waals surface area contributed by atoms with Crippen molar-refractivity contribution in [3.8, 4) is 0 Å². The predicted molar refractivity (Wildman–Crippen MR) is 177 cm³/mol. The topological polar surface area (TPSA) is 86.8 Å². The van der Waals surface area contributed by atoms with Gasteiger partial charge in [-0.05, 0) is 73.4 Å². The number of halogens is 2. The number of nitrogens with zero attached hydrogens (tertiary/aromatic N) is 2. The lowest BCUT2D eigenvalue weighted by Gasteiger charge is -2.34. The van der Waals surface area contributed by atoms with Gasteiger partial charge in [-0.1, -0.05) is 89.9 Å². The molecule has 7 nitrogen and oxygen atoms in total. The van der Waals surface area contributed by atoms with Gasteiger partial charge in [-0.15, -0.1) is 0 Å². The summed E-state index contributed by atoms with van der Waals surface area (Å²) in [6.45, 7) is 5.33. The van der Waals surface area contributed by atoms with E-state index < -0.39 is 28.5 Å². The zero-order valence-corrected chi connectivity index (χ0v) is 27.2. The van der Waals surface area contributed by atoms with Gasteiger partial charge in [0.25, 0.3) is 10.0 Å². The number of hydrogen-bond donors (Lipinski definition) is 1. The summed E-state index contributed by atoms with van der Waals surface area (Å²) in [7, 11) is -4.18. The van der Waals surface area contributed by atoms with E-state index in [9.17, 15) is 18.0 Å². The molecule has 230 valence electrons. The molecule has 0 aliphatic carbocycles. The highest BCUT2D eigenvalue weighted by atomic mass is 35.5. The van der Waals surface area contributed by atoms with E-state index in [-0.39, 0.29) is 23.8 Å². The van der Waals surface area contributed by atoms with E-state index in [0.29, 0.717) is 27.8 Å². The molecule has 1 unspecified atom stereocenters. The number of likely N-dealkylation sites (N-methyl/N-ethyl adjacent to an activating group) is 1. The van der Waals surface area contributed by atoms with Gasteiger partial charge in [0.2, 0.25) is 11.8 Å². The molecule has 2 amide bonds. The normalized spacial score (nSPS) is 11.9. The van der Waals surface area contributed by atoms with Crippen LogP contribution in [0.5, 0.6) is 0 Å². The third-order valence-corrected chi connectivity index (χ3v) is 9.93. The van der Waals surface area contributed by atoms with Crippen LogP contribution in [-0.2, 0) is 32.6 Å². The number of aryl methyl sites for hydroxylation is 1. The van der Waals surface area contributed by atoms with E-state index in [0.717, 1.165) is 21.0 Å². The van der Waals surface area contributed by atoms with Gasteiger partial charge in [-0.2, -0.15) is 0 Å². The predicted octanol–water partition coefficient (Wildman–Crippen LogP) is 6.58. The minimum Gasteiger partial charge on any atom is -0.355 e. The van der Waals surface area contributed by atoms with Crippen LogP contribution in [0, 0.1) is 13.8 Å². The Kier molecular flexibility index (Phi) is 11.1. The Bertz CT molecular complexity index is 1720. The molecule has 4 aromatic carbocycles. The van der Waals surface area contributed by atoms with Crippen LogP contribution in [0.25, 0.3) is 0 Å². The van der Waals surface area contributed by atoms with Gasteiger partial charge >= 0.3 is 0 Å². The third-order valence-electron chi connectivity index (χ3n) is 7.41. The molecule has 0 saturated carbocycles. The lowest BCUT2D eigenvalue weighted by Crippen LogP contribution is -2.53. The number of sulfonamides is 1. The Morgan fingerprint density at radius 3 is 2.11 bits per heavy atom. The highest BCUT2D eigenvalue weighted by molar-refractivity contribution is 7.92. The summed E-state index contributed by atoms with van der Waals surface area (Å²) in [6, 6.07) is 26.8. The number of anilines is 1. The summed E-state index contributed by atoms with van der Waals surface area (Å²) in [4.78, 5) is 29.5. The molecule has 1 N–H and O–H groups in total. The van der Waals surface area contributed by atoms with Gasteiger partial charge in [0, 0.05) is 19.5 Å². The fourth-order valence-corrected chi connectivity index (χ4v) is 6.73. The highest BCUT2D eigenvalue weighted by Gasteiger charge is 2.35. The number of carbonyl (C=O) groups excluding carboxylic acids is 2. The average Bonchev–Trinajstić information content (AvgIpc) is 3.02. The fourth-order valence-electron chi connectivity index (χ4n) is 4.92. The second-order valence-electron chi connectivity index (χ2n) is 10.4. The summed E-state index contributed by atoms with van der Waals surface area (Å²) < 4.78 is 29.4. The molecular formula is C34H35Cl2N3O4S. The van der Waals surface area contributed by atoms with Crippen LogP contribution < -0.4 is 9.62 Å². The van der Waals surface area contributed by atoms with Crippen LogP contribution >= 0.6 is 23.2 Å². The summed E-state index contributed by atoms with van der Waals surface area (Å²) >= 11 is 12.5. The second kappa shape index (κ2) is 14.8. The molecular weight excluding hydrogens is 617 g/mol. The van der Waals surface area contributed by atoms with E-state index in [4.69, 9.17) is 23.2 Å². The zero-order valence-electron chi connectivity index (χ0n) is 24.8. The molecule has 4 rings (SSSR count). The molecule has 0 bridgehead atoms. The molecule has 44 heavy (non-hydrogen) atoms. The monoisotopic (exact) mass is 651 g/mol. The first-order valence-corrected chi connectivity index (χ1v) is 16.4. The summed E-state index contributed by atoms with van der Waals surface area (Å²) in [5, 5.41) is 3.51. The Balaban J connectivity index is 1.83. The van der Waals surface area contributed by atoms with Crippen LogP contribution in [0.3, 0.4) is 0 Å². The maximum atomic E-state index is 14.5. The van der Waals surface area contributed by atoms with Gasteiger partial charge in [-0.3, -0.25) is 13.9 Å². The van der Waals surface area contributed by atoms with Crippen molar-refractivity contribution >= 4 is 50.7 Å². The van der Waals surface area contributed by atoms with E-state index in [1.54, 1.807) is 55.5 Å². The van der Waals surface area contributed by atoms with E-state index >= 15 is 0 Å². The Morgan fingerprint density at radius 1 is 0.818 bits per heavy atom. The fraction of sp³-hybridized carbons (Fsp3) is 0.235. The van der Waals surface area contributed by atoms with Crippen LogP contribution in [0.1, 0.15) is 29.2 Å². The lowest BCUT2D eigenvalue weighted by atomic mass is 10.0. The quantitative estimate of drug-likeness (QED) is 0.187. The van der Waals surface area contributed by atoms with E-state index in [1.807, 2.05) is 50.2 Å². The number of rotatable bonds is 12. The number of nitrogens with one attached hydrogen (secondary N) is 1. The van der Waals surface area contributed by atoms with Crippen LogP contribution in [0.2, 0.25) is 10.0 Å². The molecule has 0 aliphatic heterocycles. The number of amides is 2. The van der Waals surface area contributed by atoms with Gasteiger partial charge in [0.05, 0.1) is 20.6 Å². The summed E-state index contributed by atoms with van der Waals surface area (Å²) in [5.74, 6) is -0.905. The van der Waals surface area contributed by atoms with Gasteiger partial charge < -0.3 is 10.2 Å². The summed E-state index contributed by atoms with van der Waals surface area (Å²) in [5.41, 5.74) is 3.47. The lowest BCUT2D eigenvalue weighted by molar-refractivity contribution is -0.140. The van der Waals surface area contributed by atoms with Crippen LogP contribution in [-0.4, -0.2) is 44.3 Å². The molecule has 10 heteroatoms. The minimum atomic E-state index is -4.18. The molecule has 0 fully saturated rings. The Morgan fingerprint density at radius 2 is 1.48 bits per heavy atom. The highest BCUT2D eigenvalue weighted by Crippen LogP contribution is 2.30. The van der Waals surface area contributed by atoms with Crippen molar-refractivity contribution in [2.45, 2.75) is 44.7 Å². The molecule has 1 atom stereocenters. The Hall–Kier alpha value is -3.85. The standard InChI is InChI=1S/C34H35Cl2N3O4S/c1-4-37-34(41)32(21-26-13-7-5-8-14-26)38(22-27-18-19-29(35)30(36)20-27)33(40)23-39(31-17-11-12-24(2)25(31)3)44(42,43)28-15-9-6-10-16-28/h5-20,32H,4,21-23H2,1-3H3,(H,37,41). The first-order valence-electron chi connectivity index (χ1n) is 14.2. The van der Waals surface area contributed by atoms with Gasteiger partial charge in [0.1, 0.15) is 12.6 Å². The largest absolute Gasteiger partial charge is 0.355 e. The number of carbonyl (C=O) groups is 2. The molecule has 0 aliphatic rings. The number of hydrogen-bond acceptors (Lipinski definition) is 4. The van der Waals surface area contributed by atoms with Crippen molar-refractivity contribution in [2.75, 3.05) is 17.4 Å². The molecule has 0 saturated heterocycles. The van der Waals surface area contributed by atoms with Crippen molar-refractivity contribution in [2.24, 2.45) is 0 Å². The van der Waals surface area contributed by atoms with Crippen molar-refractivity contribution in [1.82, 2.24) is 10.2 Å². The average molecular weight is 653 g/mol. The van der Waals surface area contributed by atoms with Crippen molar-refractivity contribution in [3.63, 3.8) is 0 Å². The van der Waals surface area contributed by atoms with E-state index in [2.05, 4.69) is 5.32 Å². The maximum absolute atomic E-state index is 14.5. The first kappa shape index (κ1) is 33.1.